The van der Waals surface area contributed by atoms with E-state index in [0.717, 1.165) is 11.1 Å². The first-order valence-electron chi connectivity index (χ1n) is 6.32. The third-order valence-electron chi connectivity index (χ3n) is 3.19. The number of morpholine rings is 1. The highest BCUT2D eigenvalue weighted by Crippen LogP contribution is 2.28. The van der Waals surface area contributed by atoms with Crippen LogP contribution in [0.2, 0.25) is 0 Å². The Bertz CT molecular complexity index is 648. The van der Waals surface area contributed by atoms with Crippen LogP contribution < -0.4 is 10.6 Å². The third-order valence-corrected chi connectivity index (χ3v) is 4.16. The Kier molecular flexibility index (Phi) is 3.67. The molecule has 2 aromatic rings. The van der Waals surface area contributed by atoms with Gasteiger partial charge in [0.1, 0.15) is 12.3 Å². The maximum Gasteiger partial charge on any atom is 0.329 e. The van der Waals surface area contributed by atoms with E-state index in [2.05, 4.69) is 9.97 Å². The second kappa shape index (κ2) is 5.62. The normalized spacial score (nSPS) is 18.7. The first-order valence-corrected chi connectivity index (χ1v) is 7.20. The molecule has 9 heteroatoms. The van der Waals surface area contributed by atoms with Gasteiger partial charge >= 0.3 is 5.69 Å². The van der Waals surface area contributed by atoms with Crippen LogP contribution in [0.3, 0.4) is 0 Å². The van der Waals surface area contributed by atoms with Gasteiger partial charge in [-0.2, -0.15) is 4.98 Å². The number of hydrogen-bond acceptors (Lipinski definition) is 8. The van der Waals surface area contributed by atoms with Crippen LogP contribution >= 0.6 is 11.3 Å². The van der Waals surface area contributed by atoms with E-state index in [-0.39, 0.29) is 17.6 Å². The molecular weight excluding hydrogens is 294 g/mol. The second-order valence-corrected chi connectivity index (χ2v) is 5.50. The van der Waals surface area contributed by atoms with Crippen molar-refractivity contribution < 1.29 is 9.66 Å². The Morgan fingerprint density at radius 2 is 2.43 bits per heavy atom. The van der Waals surface area contributed by atoms with Crippen LogP contribution in [0.5, 0.6) is 0 Å². The van der Waals surface area contributed by atoms with Crippen LogP contribution in [-0.2, 0) is 4.74 Å². The molecule has 0 radical (unpaired) electrons. The van der Waals surface area contributed by atoms with Crippen molar-refractivity contribution in [1.82, 2.24) is 9.97 Å². The Morgan fingerprint density at radius 3 is 3.10 bits per heavy atom. The number of nitrogens with two attached hydrogens (primary N) is 1. The summed E-state index contributed by atoms with van der Waals surface area (Å²) in [5.41, 5.74) is 5.33. The zero-order valence-corrected chi connectivity index (χ0v) is 11.8. The molecule has 0 amide bonds. The van der Waals surface area contributed by atoms with Crippen molar-refractivity contribution >= 4 is 28.8 Å². The van der Waals surface area contributed by atoms with E-state index in [9.17, 15) is 10.1 Å². The molecule has 3 rings (SSSR count). The van der Waals surface area contributed by atoms with E-state index in [1.807, 2.05) is 22.4 Å². The van der Waals surface area contributed by atoms with Crippen molar-refractivity contribution in [1.29, 1.82) is 0 Å². The SMILES string of the molecule is Nc1nc(N2CCOC(c3cccs3)C2)ncc1[N+](=O)[O-]. The van der Waals surface area contributed by atoms with Gasteiger partial charge in [-0.05, 0) is 11.4 Å². The monoisotopic (exact) mass is 307 g/mol. The number of anilines is 2. The molecule has 0 aromatic carbocycles. The van der Waals surface area contributed by atoms with E-state index in [1.54, 1.807) is 11.3 Å². The van der Waals surface area contributed by atoms with Gasteiger partial charge in [0.2, 0.25) is 11.8 Å². The van der Waals surface area contributed by atoms with Gasteiger partial charge in [0.25, 0.3) is 0 Å². The number of thiophene rings is 1. The molecule has 1 aliphatic rings. The van der Waals surface area contributed by atoms with E-state index in [0.29, 0.717) is 25.6 Å². The largest absolute Gasteiger partial charge is 0.378 e. The summed E-state index contributed by atoms with van der Waals surface area (Å²) >= 11 is 1.63. The van der Waals surface area contributed by atoms with Gasteiger partial charge in [-0.3, -0.25) is 10.1 Å². The number of nitrogens with zero attached hydrogens (tertiary/aromatic N) is 4. The maximum absolute atomic E-state index is 10.7. The summed E-state index contributed by atoms with van der Waals surface area (Å²) in [6.07, 6.45) is 1.10. The zero-order valence-electron chi connectivity index (χ0n) is 11.0. The van der Waals surface area contributed by atoms with Crippen molar-refractivity contribution in [3.63, 3.8) is 0 Å². The first kappa shape index (κ1) is 13.7. The summed E-state index contributed by atoms with van der Waals surface area (Å²) in [5, 5.41) is 12.7. The summed E-state index contributed by atoms with van der Waals surface area (Å²) < 4.78 is 5.74. The topological polar surface area (TPSA) is 107 Å². The van der Waals surface area contributed by atoms with Crippen molar-refractivity contribution in [2.24, 2.45) is 0 Å². The number of nitro groups is 1. The number of rotatable bonds is 3. The molecule has 3 heterocycles. The number of nitrogen functional groups attached to an aromatic ring is 1. The summed E-state index contributed by atoms with van der Waals surface area (Å²) in [7, 11) is 0. The number of aromatic nitrogens is 2. The molecule has 0 bridgehead atoms. The lowest BCUT2D eigenvalue weighted by Crippen LogP contribution is -2.39. The van der Waals surface area contributed by atoms with Gasteiger partial charge in [-0.1, -0.05) is 6.07 Å². The Hall–Kier alpha value is -2.26. The zero-order chi connectivity index (χ0) is 14.8. The minimum Gasteiger partial charge on any atom is -0.378 e. The van der Waals surface area contributed by atoms with E-state index >= 15 is 0 Å². The van der Waals surface area contributed by atoms with Gasteiger partial charge in [-0.15, -0.1) is 11.3 Å². The highest BCUT2D eigenvalue weighted by atomic mass is 32.1. The molecule has 0 spiro atoms. The van der Waals surface area contributed by atoms with Gasteiger partial charge in [-0.25, -0.2) is 4.98 Å². The highest BCUT2D eigenvalue weighted by molar-refractivity contribution is 7.10. The lowest BCUT2D eigenvalue weighted by atomic mass is 10.2. The van der Waals surface area contributed by atoms with Gasteiger partial charge < -0.3 is 15.4 Å². The molecule has 1 fully saturated rings. The van der Waals surface area contributed by atoms with Gasteiger partial charge in [0, 0.05) is 11.4 Å². The molecular formula is C12H13N5O3S. The minimum atomic E-state index is -0.590. The average molecular weight is 307 g/mol. The number of hydrogen-bond donors (Lipinski definition) is 1. The lowest BCUT2D eigenvalue weighted by molar-refractivity contribution is -0.384. The van der Waals surface area contributed by atoms with Crippen molar-refractivity contribution in [2.45, 2.75) is 6.10 Å². The highest BCUT2D eigenvalue weighted by Gasteiger charge is 2.25. The Morgan fingerprint density at radius 1 is 1.57 bits per heavy atom. The van der Waals surface area contributed by atoms with Crippen LogP contribution in [0.1, 0.15) is 11.0 Å². The Labute approximate surface area is 124 Å². The molecule has 1 unspecified atom stereocenters. The van der Waals surface area contributed by atoms with Crippen LogP contribution in [0.25, 0.3) is 0 Å². The van der Waals surface area contributed by atoms with E-state index in [1.165, 1.54) is 0 Å². The van der Waals surface area contributed by atoms with Crippen LogP contribution in [0, 0.1) is 10.1 Å². The fourth-order valence-electron chi connectivity index (χ4n) is 2.15. The van der Waals surface area contributed by atoms with Crippen molar-refractivity contribution in [2.75, 3.05) is 30.3 Å². The summed E-state index contributed by atoms with van der Waals surface area (Å²) in [5.74, 6) is 0.270. The molecule has 2 aromatic heterocycles. The molecule has 0 saturated carbocycles. The fraction of sp³-hybridized carbons (Fsp3) is 0.333. The lowest BCUT2D eigenvalue weighted by Gasteiger charge is -2.32. The van der Waals surface area contributed by atoms with Crippen molar-refractivity contribution in [3.05, 3.63) is 38.7 Å². The predicted octanol–water partition coefficient (Wildman–Crippen LogP) is 1.61. The third kappa shape index (κ3) is 2.78. The standard InChI is InChI=1S/C12H13N5O3S/c13-11-8(17(18)19)6-14-12(15-11)16-3-4-20-9(7-16)10-2-1-5-21-10/h1-2,5-6,9H,3-4,7H2,(H2,13,14,15). The summed E-state index contributed by atoms with van der Waals surface area (Å²) in [6, 6.07) is 3.99. The second-order valence-electron chi connectivity index (χ2n) is 4.52. The molecule has 1 saturated heterocycles. The molecule has 0 aliphatic carbocycles. The molecule has 1 aliphatic heterocycles. The van der Waals surface area contributed by atoms with Crippen LogP contribution in [-0.4, -0.2) is 34.6 Å². The van der Waals surface area contributed by atoms with E-state index in [4.69, 9.17) is 10.5 Å². The molecule has 1 atom stereocenters. The van der Waals surface area contributed by atoms with E-state index < -0.39 is 4.92 Å². The molecule has 8 nitrogen and oxygen atoms in total. The van der Waals surface area contributed by atoms with Gasteiger partial charge in [0.15, 0.2) is 0 Å². The van der Waals surface area contributed by atoms with Gasteiger partial charge in [0.05, 0.1) is 18.1 Å². The van der Waals surface area contributed by atoms with Crippen LogP contribution in [0.4, 0.5) is 17.5 Å². The fourth-order valence-corrected chi connectivity index (χ4v) is 2.92. The minimum absolute atomic E-state index is 0.0428. The molecule has 2 N–H and O–H groups in total. The first-order chi connectivity index (χ1) is 10.1. The molecule has 21 heavy (non-hydrogen) atoms. The summed E-state index contributed by atoms with van der Waals surface area (Å²) in [6.45, 7) is 1.76. The predicted molar refractivity (Wildman–Crippen MR) is 78.3 cm³/mol. The van der Waals surface area contributed by atoms with Crippen LogP contribution in [0.15, 0.2) is 23.7 Å². The molecule has 110 valence electrons. The van der Waals surface area contributed by atoms with Crippen molar-refractivity contribution in [3.8, 4) is 0 Å². The Balaban J connectivity index is 1.80. The summed E-state index contributed by atoms with van der Waals surface area (Å²) in [4.78, 5) is 21.3. The smallest absolute Gasteiger partial charge is 0.329 e. The average Bonchev–Trinajstić information content (AvgIpc) is 3.01. The number of ether oxygens (including phenoxy) is 1. The maximum atomic E-state index is 10.7. The quantitative estimate of drug-likeness (QED) is 0.678.